The summed E-state index contributed by atoms with van der Waals surface area (Å²) >= 11 is 5.13. The summed E-state index contributed by atoms with van der Waals surface area (Å²) in [6, 6.07) is 5.52. The summed E-state index contributed by atoms with van der Waals surface area (Å²) in [5.41, 5.74) is 1.67. The van der Waals surface area contributed by atoms with Gasteiger partial charge in [-0.05, 0) is 33.6 Å². The zero-order chi connectivity index (χ0) is 14.0. The molecule has 1 aromatic rings. The van der Waals surface area contributed by atoms with E-state index in [9.17, 15) is 8.42 Å². The molecule has 1 N–H and O–H groups in total. The second-order valence-electron chi connectivity index (χ2n) is 4.50. The van der Waals surface area contributed by atoms with E-state index in [0.717, 1.165) is 21.5 Å². The van der Waals surface area contributed by atoms with E-state index in [1.54, 1.807) is 11.8 Å². The molecule has 7 heteroatoms. The molecule has 1 fully saturated rings. The quantitative estimate of drug-likeness (QED) is 0.885. The van der Waals surface area contributed by atoms with E-state index >= 15 is 0 Å². The van der Waals surface area contributed by atoms with E-state index in [1.807, 2.05) is 23.1 Å². The first-order valence-corrected chi connectivity index (χ1v) is 9.76. The SMILES string of the molecule is CS(=O)(=O)C1CSCCN1c1ccc(CO)cc1Br. The predicted octanol–water partition coefficient (Wildman–Crippen LogP) is 1.87. The van der Waals surface area contributed by atoms with Crippen LogP contribution < -0.4 is 4.90 Å². The number of nitrogens with zero attached hydrogens (tertiary/aromatic N) is 1. The Morgan fingerprint density at radius 3 is 2.84 bits per heavy atom. The van der Waals surface area contributed by atoms with Crippen LogP contribution in [0.3, 0.4) is 0 Å². The van der Waals surface area contributed by atoms with Crippen molar-refractivity contribution in [1.29, 1.82) is 0 Å². The first-order chi connectivity index (χ1) is 8.93. The number of benzene rings is 1. The van der Waals surface area contributed by atoms with Crippen LogP contribution in [0.1, 0.15) is 5.56 Å². The Morgan fingerprint density at radius 1 is 1.53 bits per heavy atom. The van der Waals surface area contributed by atoms with Gasteiger partial charge in [0.1, 0.15) is 5.37 Å². The van der Waals surface area contributed by atoms with Gasteiger partial charge in [0.25, 0.3) is 0 Å². The first kappa shape index (κ1) is 15.2. The maximum absolute atomic E-state index is 11.9. The van der Waals surface area contributed by atoms with Gasteiger partial charge in [-0.2, -0.15) is 11.8 Å². The first-order valence-electron chi connectivity index (χ1n) is 5.86. The predicted molar refractivity (Wildman–Crippen MR) is 83.4 cm³/mol. The molecule has 19 heavy (non-hydrogen) atoms. The fourth-order valence-corrected chi connectivity index (χ4v) is 5.58. The average Bonchev–Trinajstić information content (AvgIpc) is 2.37. The Balaban J connectivity index is 2.38. The normalized spacial score (nSPS) is 20.6. The largest absolute Gasteiger partial charge is 0.392 e. The van der Waals surface area contributed by atoms with Gasteiger partial charge < -0.3 is 10.0 Å². The third-order valence-corrected chi connectivity index (χ3v) is 6.36. The standard InChI is InChI=1S/C12H16BrNO3S2/c1-19(16,17)12-8-18-5-4-14(12)11-3-2-9(7-15)6-10(11)13/h2-3,6,12,15H,4-5,7-8H2,1H3. The Labute approximate surface area is 126 Å². The molecule has 1 atom stereocenters. The smallest absolute Gasteiger partial charge is 0.169 e. The number of thioether (sulfide) groups is 1. The monoisotopic (exact) mass is 365 g/mol. The van der Waals surface area contributed by atoms with Crippen molar-refractivity contribution in [2.75, 3.05) is 29.2 Å². The summed E-state index contributed by atoms with van der Waals surface area (Å²) in [6.45, 7) is 0.684. The molecule has 1 saturated heterocycles. The van der Waals surface area contributed by atoms with Crippen LogP contribution in [0.4, 0.5) is 5.69 Å². The molecule has 1 aliphatic rings. The van der Waals surface area contributed by atoms with Crippen LogP contribution in [0.15, 0.2) is 22.7 Å². The van der Waals surface area contributed by atoms with Gasteiger partial charge in [0.05, 0.1) is 12.3 Å². The molecule has 1 aliphatic heterocycles. The Hall–Kier alpha value is -0.240. The van der Waals surface area contributed by atoms with Crippen LogP contribution in [0, 0.1) is 0 Å². The molecule has 1 unspecified atom stereocenters. The Morgan fingerprint density at radius 2 is 2.26 bits per heavy atom. The second-order valence-corrected chi connectivity index (χ2v) is 8.70. The molecule has 0 aliphatic carbocycles. The molecular weight excluding hydrogens is 350 g/mol. The van der Waals surface area contributed by atoms with Gasteiger partial charge >= 0.3 is 0 Å². The molecule has 1 aromatic carbocycles. The Bertz CT molecular complexity index is 562. The molecule has 0 saturated carbocycles. The minimum atomic E-state index is -3.12. The number of aliphatic hydroxyl groups excluding tert-OH is 1. The van der Waals surface area contributed by atoms with Gasteiger partial charge in [-0.15, -0.1) is 0 Å². The summed E-state index contributed by atoms with van der Waals surface area (Å²) in [4.78, 5) is 1.93. The number of aliphatic hydroxyl groups is 1. The van der Waals surface area contributed by atoms with E-state index in [-0.39, 0.29) is 6.61 Å². The van der Waals surface area contributed by atoms with Crippen LogP contribution in [0.5, 0.6) is 0 Å². The van der Waals surface area contributed by atoms with Crippen molar-refractivity contribution < 1.29 is 13.5 Å². The molecule has 0 amide bonds. The lowest BCUT2D eigenvalue weighted by Crippen LogP contribution is -2.47. The van der Waals surface area contributed by atoms with E-state index in [4.69, 9.17) is 5.11 Å². The van der Waals surface area contributed by atoms with Gasteiger partial charge in [0.15, 0.2) is 9.84 Å². The summed E-state index contributed by atoms with van der Waals surface area (Å²) < 4.78 is 24.6. The minimum Gasteiger partial charge on any atom is -0.392 e. The zero-order valence-corrected chi connectivity index (χ0v) is 13.8. The lowest BCUT2D eigenvalue weighted by Gasteiger charge is -2.36. The number of sulfone groups is 1. The number of anilines is 1. The Kier molecular flexibility index (Phi) is 4.81. The van der Waals surface area contributed by atoms with Gasteiger partial charge in [-0.1, -0.05) is 6.07 Å². The summed E-state index contributed by atoms with van der Waals surface area (Å²) in [7, 11) is -3.12. The summed E-state index contributed by atoms with van der Waals surface area (Å²) in [5.74, 6) is 1.51. The van der Waals surface area contributed by atoms with E-state index in [2.05, 4.69) is 15.9 Å². The highest BCUT2D eigenvalue weighted by molar-refractivity contribution is 9.10. The number of hydrogen-bond donors (Lipinski definition) is 1. The summed E-state index contributed by atoms with van der Waals surface area (Å²) in [6.07, 6.45) is 1.28. The number of rotatable bonds is 3. The molecule has 106 valence electrons. The molecule has 0 bridgehead atoms. The van der Waals surface area contributed by atoms with Gasteiger partial charge in [0, 0.05) is 28.8 Å². The fraction of sp³-hybridized carbons (Fsp3) is 0.500. The molecular formula is C12H16BrNO3S2. The van der Waals surface area contributed by atoms with Crippen molar-refractivity contribution >= 4 is 43.2 Å². The minimum absolute atomic E-state index is 0.0236. The topological polar surface area (TPSA) is 57.6 Å². The van der Waals surface area contributed by atoms with Crippen LogP contribution >= 0.6 is 27.7 Å². The lowest BCUT2D eigenvalue weighted by atomic mass is 10.2. The van der Waals surface area contributed by atoms with Crippen molar-refractivity contribution in [2.45, 2.75) is 12.0 Å². The van der Waals surface area contributed by atoms with Crippen LogP contribution in [-0.4, -0.2) is 43.2 Å². The third-order valence-electron chi connectivity index (χ3n) is 3.08. The molecule has 0 radical (unpaired) electrons. The van der Waals surface area contributed by atoms with Crippen molar-refractivity contribution in [1.82, 2.24) is 0 Å². The lowest BCUT2D eigenvalue weighted by molar-refractivity contribution is 0.282. The maximum Gasteiger partial charge on any atom is 0.169 e. The fourth-order valence-electron chi connectivity index (χ4n) is 2.09. The number of hydrogen-bond acceptors (Lipinski definition) is 5. The highest BCUT2D eigenvalue weighted by atomic mass is 79.9. The van der Waals surface area contributed by atoms with E-state index in [0.29, 0.717) is 12.3 Å². The average molecular weight is 366 g/mol. The van der Waals surface area contributed by atoms with Gasteiger partial charge in [0.2, 0.25) is 0 Å². The molecule has 2 rings (SSSR count). The molecule has 1 heterocycles. The highest BCUT2D eigenvalue weighted by Crippen LogP contribution is 2.33. The van der Waals surface area contributed by atoms with Crippen molar-refractivity contribution in [3.05, 3.63) is 28.2 Å². The summed E-state index contributed by atoms with van der Waals surface area (Å²) in [5, 5.41) is 8.63. The molecule has 0 aromatic heterocycles. The zero-order valence-electron chi connectivity index (χ0n) is 10.5. The third kappa shape index (κ3) is 3.45. The molecule has 0 spiro atoms. The highest BCUT2D eigenvalue weighted by Gasteiger charge is 2.31. The maximum atomic E-state index is 11.9. The van der Waals surface area contributed by atoms with Crippen molar-refractivity contribution in [2.24, 2.45) is 0 Å². The van der Waals surface area contributed by atoms with Gasteiger partial charge in [-0.3, -0.25) is 0 Å². The van der Waals surface area contributed by atoms with Crippen molar-refractivity contribution in [3.8, 4) is 0 Å². The van der Waals surface area contributed by atoms with Crippen LogP contribution in [-0.2, 0) is 16.4 Å². The number of halogens is 1. The van der Waals surface area contributed by atoms with Crippen LogP contribution in [0.2, 0.25) is 0 Å². The van der Waals surface area contributed by atoms with E-state index < -0.39 is 15.2 Å². The second kappa shape index (κ2) is 6.03. The molecule has 4 nitrogen and oxygen atoms in total. The van der Waals surface area contributed by atoms with E-state index in [1.165, 1.54) is 6.26 Å². The van der Waals surface area contributed by atoms with Crippen molar-refractivity contribution in [3.63, 3.8) is 0 Å². The van der Waals surface area contributed by atoms with Crippen LogP contribution in [0.25, 0.3) is 0 Å². The van der Waals surface area contributed by atoms with Gasteiger partial charge in [-0.25, -0.2) is 8.42 Å².